The third-order valence-electron chi connectivity index (χ3n) is 5.58. The zero-order chi connectivity index (χ0) is 20.6. The smallest absolute Gasteiger partial charge is 0.286 e. The zero-order valence-corrected chi connectivity index (χ0v) is 17.5. The van der Waals surface area contributed by atoms with Gasteiger partial charge in [-0.05, 0) is 48.9 Å². The Kier molecular flexibility index (Phi) is 5.17. The number of rotatable bonds is 3. The number of sulfone groups is 1. The first-order chi connectivity index (χ1) is 13.9. The molecule has 0 saturated carbocycles. The molecule has 29 heavy (non-hydrogen) atoms. The van der Waals surface area contributed by atoms with Gasteiger partial charge >= 0.3 is 0 Å². The largest absolute Gasteiger partial charge is 0.337 e. The van der Waals surface area contributed by atoms with Crippen LogP contribution in [0, 0.1) is 12.8 Å². The summed E-state index contributed by atoms with van der Waals surface area (Å²) in [5.41, 5.74) is 2.44. The molecule has 1 fully saturated rings. The van der Waals surface area contributed by atoms with Crippen LogP contribution >= 0.6 is 0 Å². The molecule has 6 nitrogen and oxygen atoms in total. The van der Waals surface area contributed by atoms with E-state index in [1.807, 2.05) is 43.3 Å². The van der Waals surface area contributed by atoms with Crippen LogP contribution in [0.15, 0.2) is 58.5 Å². The first-order valence-electron chi connectivity index (χ1n) is 9.91. The van der Waals surface area contributed by atoms with Crippen molar-refractivity contribution >= 4 is 26.5 Å². The SMILES string of the molecule is Cc1ccc2c(c1)N(Cc1ccccc1)N=C(C(=O)N1CCC(C)CC1)S2(=O)=O. The lowest BCUT2D eigenvalue weighted by Gasteiger charge is -2.33. The van der Waals surface area contributed by atoms with Crippen LogP contribution in [-0.2, 0) is 21.2 Å². The van der Waals surface area contributed by atoms with Gasteiger partial charge in [-0.1, -0.05) is 43.3 Å². The molecular formula is C22H25N3O3S. The number of carbonyl (C=O) groups is 1. The number of benzene rings is 2. The summed E-state index contributed by atoms with van der Waals surface area (Å²) in [4.78, 5) is 14.9. The molecule has 0 aliphatic carbocycles. The molecule has 7 heteroatoms. The molecule has 0 radical (unpaired) electrons. The van der Waals surface area contributed by atoms with E-state index < -0.39 is 15.7 Å². The minimum absolute atomic E-state index is 0.141. The molecule has 152 valence electrons. The molecule has 0 unspecified atom stereocenters. The summed E-state index contributed by atoms with van der Waals surface area (Å²) in [6.45, 7) is 5.58. The highest BCUT2D eigenvalue weighted by Crippen LogP contribution is 2.34. The van der Waals surface area contributed by atoms with E-state index in [0.29, 0.717) is 31.2 Å². The minimum Gasteiger partial charge on any atom is -0.337 e. The van der Waals surface area contributed by atoms with Crippen LogP contribution in [0.3, 0.4) is 0 Å². The summed E-state index contributed by atoms with van der Waals surface area (Å²) in [5, 5.41) is 5.64. The number of piperidine rings is 1. The Bertz CT molecular complexity index is 1060. The van der Waals surface area contributed by atoms with Gasteiger partial charge in [0.15, 0.2) is 0 Å². The maximum atomic E-state index is 13.3. The van der Waals surface area contributed by atoms with Gasteiger partial charge < -0.3 is 4.90 Å². The maximum Gasteiger partial charge on any atom is 0.286 e. The topological polar surface area (TPSA) is 70.1 Å². The van der Waals surface area contributed by atoms with E-state index in [1.165, 1.54) is 0 Å². The summed E-state index contributed by atoms with van der Waals surface area (Å²) >= 11 is 0. The van der Waals surface area contributed by atoms with Crippen LogP contribution in [0.25, 0.3) is 0 Å². The Morgan fingerprint density at radius 3 is 2.48 bits per heavy atom. The Labute approximate surface area is 171 Å². The molecule has 2 aliphatic rings. The summed E-state index contributed by atoms with van der Waals surface area (Å²) < 4.78 is 26.5. The van der Waals surface area contributed by atoms with Crippen molar-refractivity contribution < 1.29 is 13.2 Å². The van der Waals surface area contributed by atoms with Crippen LogP contribution in [0.4, 0.5) is 5.69 Å². The number of fused-ring (bicyclic) bond motifs is 1. The molecule has 2 heterocycles. The molecule has 4 rings (SSSR count). The predicted octanol–water partition coefficient (Wildman–Crippen LogP) is 3.36. The molecule has 2 aromatic rings. The molecule has 0 aromatic heterocycles. The zero-order valence-electron chi connectivity index (χ0n) is 16.7. The Morgan fingerprint density at radius 1 is 1.10 bits per heavy atom. The lowest BCUT2D eigenvalue weighted by Crippen LogP contribution is -2.46. The normalized spacial score (nSPS) is 18.9. The van der Waals surface area contributed by atoms with Crippen molar-refractivity contribution in [3.63, 3.8) is 0 Å². The number of amides is 1. The number of aryl methyl sites for hydroxylation is 1. The quantitative estimate of drug-likeness (QED) is 0.777. The van der Waals surface area contributed by atoms with Gasteiger partial charge in [0.25, 0.3) is 5.91 Å². The monoisotopic (exact) mass is 411 g/mol. The van der Waals surface area contributed by atoms with Crippen molar-refractivity contribution in [3.05, 3.63) is 59.7 Å². The molecule has 2 aliphatic heterocycles. The van der Waals surface area contributed by atoms with Crippen LogP contribution < -0.4 is 5.01 Å². The molecule has 0 spiro atoms. The second-order valence-electron chi connectivity index (χ2n) is 7.90. The van der Waals surface area contributed by atoms with Gasteiger partial charge in [0.1, 0.15) is 0 Å². The third kappa shape index (κ3) is 3.79. The predicted molar refractivity (Wildman–Crippen MR) is 113 cm³/mol. The summed E-state index contributed by atoms with van der Waals surface area (Å²) in [5.74, 6) is 0.0448. The number of carbonyl (C=O) groups excluding carboxylic acids is 1. The first-order valence-corrected chi connectivity index (χ1v) is 11.4. The van der Waals surface area contributed by atoms with Gasteiger partial charge in [0.2, 0.25) is 14.9 Å². The van der Waals surface area contributed by atoms with Crippen LogP contribution in [0.1, 0.15) is 30.9 Å². The van der Waals surface area contributed by atoms with E-state index in [-0.39, 0.29) is 9.94 Å². The Hall–Kier alpha value is -2.67. The van der Waals surface area contributed by atoms with Crippen molar-refractivity contribution in [2.24, 2.45) is 11.0 Å². The Morgan fingerprint density at radius 2 is 1.79 bits per heavy atom. The fourth-order valence-electron chi connectivity index (χ4n) is 3.76. The molecule has 0 N–H and O–H groups in total. The van der Waals surface area contributed by atoms with E-state index in [4.69, 9.17) is 0 Å². The molecular weight excluding hydrogens is 386 g/mol. The second-order valence-corrected chi connectivity index (χ2v) is 9.73. The van der Waals surface area contributed by atoms with E-state index in [0.717, 1.165) is 24.0 Å². The lowest BCUT2D eigenvalue weighted by molar-refractivity contribution is -0.125. The molecule has 2 aromatic carbocycles. The van der Waals surface area contributed by atoms with Gasteiger partial charge in [-0.25, -0.2) is 8.42 Å². The molecule has 0 atom stereocenters. The molecule has 0 bridgehead atoms. The standard InChI is InChI=1S/C22H25N3O3S/c1-16-10-12-24(13-11-16)22(26)21-23-25(15-18-6-4-3-5-7-18)19-14-17(2)8-9-20(19)29(21,27)28/h3-9,14,16H,10-13,15H2,1-2H3. The first kappa shape index (κ1) is 19.6. The van der Waals surface area contributed by atoms with E-state index in [9.17, 15) is 13.2 Å². The fraction of sp³-hybridized carbons (Fsp3) is 0.364. The summed E-state index contributed by atoms with van der Waals surface area (Å²) in [6, 6.07) is 14.9. The van der Waals surface area contributed by atoms with E-state index in [2.05, 4.69) is 12.0 Å². The average Bonchev–Trinajstić information content (AvgIpc) is 2.71. The highest BCUT2D eigenvalue weighted by molar-refractivity contribution is 8.08. The van der Waals surface area contributed by atoms with E-state index in [1.54, 1.807) is 22.0 Å². The van der Waals surface area contributed by atoms with Gasteiger partial charge in [-0.3, -0.25) is 9.80 Å². The van der Waals surface area contributed by atoms with E-state index >= 15 is 0 Å². The van der Waals surface area contributed by atoms with Gasteiger partial charge in [0.05, 0.1) is 17.1 Å². The average molecular weight is 412 g/mol. The number of likely N-dealkylation sites (tertiary alicyclic amines) is 1. The highest BCUT2D eigenvalue weighted by Gasteiger charge is 2.40. The number of hydrogen-bond donors (Lipinski definition) is 0. The Balaban J connectivity index is 1.76. The van der Waals surface area contributed by atoms with Crippen LogP contribution in [0.5, 0.6) is 0 Å². The summed E-state index contributed by atoms with van der Waals surface area (Å²) in [7, 11) is -3.97. The molecule has 1 saturated heterocycles. The van der Waals surface area contributed by atoms with Crippen molar-refractivity contribution in [1.82, 2.24) is 4.90 Å². The third-order valence-corrected chi connectivity index (χ3v) is 7.27. The van der Waals surface area contributed by atoms with Gasteiger partial charge in [0, 0.05) is 13.1 Å². The minimum atomic E-state index is -3.97. The number of hydrazone groups is 1. The number of hydrogen-bond acceptors (Lipinski definition) is 5. The van der Waals surface area contributed by atoms with Crippen molar-refractivity contribution in [1.29, 1.82) is 0 Å². The second kappa shape index (κ2) is 7.63. The number of nitrogens with zero attached hydrogens (tertiary/aromatic N) is 3. The van der Waals surface area contributed by atoms with Crippen molar-refractivity contribution in [2.75, 3.05) is 18.1 Å². The summed E-state index contributed by atoms with van der Waals surface area (Å²) in [6.07, 6.45) is 1.76. The van der Waals surface area contributed by atoms with Crippen LogP contribution in [0.2, 0.25) is 0 Å². The number of anilines is 1. The van der Waals surface area contributed by atoms with Crippen LogP contribution in [-0.4, -0.2) is 37.4 Å². The van der Waals surface area contributed by atoms with Crippen molar-refractivity contribution in [3.8, 4) is 0 Å². The highest BCUT2D eigenvalue weighted by atomic mass is 32.2. The van der Waals surface area contributed by atoms with Gasteiger partial charge in [-0.15, -0.1) is 0 Å². The van der Waals surface area contributed by atoms with Crippen molar-refractivity contribution in [2.45, 2.75) is 38.1 Å². The van der Waals surface area contributed by atoms with Gasteiger partial charge in [-0.2, -0.15) is 5.10 Å². The maximum absolute atomic E-state index is 13.3. The lowest BCUT2D eigenvalue weighted by atomic mass is 9.99. The fourth-order valence-corrected chi connectivity index (χ4v) is 5.22. The molecule has 1 amide bonds.